The molecule has 2 amide bonds. The van der Waals surface area contributed by atoms with Gasteiger partial charge in [0.2, 0.25) is 0 Å². The molecule has 0 saturated carbocycles. The smallest absolute Gasteiger partial charge is 0.272 e. The third-order valence-electron chi connectivity index (χ3n) is 5.63. The Bertz CT molecular complexity index is 1630. The molecule has 9 heteroatoms. The summed E-state index contributed by atoms with van der Waals surface area (Å²) in [5, 5.41) is 6.66. The quantitative estimate of drug-likeness (QED) is 0.155. The Morgan fingerprint density at radius 3 is 1.88 bits per heavy atom. The molecule has 200 valence electrons. The van der Waals surface area contributed by atoms with Gasteiger partial charge in [-0.2, -0.15) is 0 Å². The Labute approximate surface area is 251 Å². The number of carbonyl (C=O) groups is 3. The second kappa shape index (κ2) is 13.5. The number of hydrogen-bond donors (Lipinski definition) is 2. The van der Waals surface area contributed by atoms with Crippen molar-refractivity contribution in [2.24, 2.45) is 0 Å². The van der Waals surface area contributed by atoms with Crippen LogP contribution in [0.4, 0.5) is 5.69 Å². The van der Waals surface area contributed by atoms with Crippen molar-refractivity contribution in [1.29, 1.82) is 0 Å². The van der Waals surface area contributed by atoms with E-state index in [0.717, 1.165) is 0 Å². The van der Waals surface area contributed by atoms with Gasteiger partial charge >= 0.3 is 0 Å². The highest BCUT2D eigenvalue weighted by Crippen LogP contribution is 2.28. The maximum absolute atomic E-state index is 13.2. The minimum absolute atomic E-state index is 0.0560. The number of ketones is 1. The van der Waals surface area contributed by atoms with E-state index in [4.69, 9.17) is 46.4 Å². The molecule has 0 heterocycles. The largest absolute Gasteiger partial charge is 0.321 e. The van der Waals surface area contributed by atoms with Gasteiger partial charge in [0.05, 0.1) is 20.1 Å². The van der Waals surface area contributed by atoms with Gasteiger partial charge in [-0.3, -0.25) is 14.4 Å². The van der Waals surface area contributed by atoms with Gasteiger partial charge in [0.15, 0.2) is 5.78 Å². The highest BCUT2D eigenvalue weighted by molar-refractivity contribution is 6.43. The van der Waals surface area contributed by atoms with E-state index in [1.54, 1.807) is 97.1 Å². The van der Waals surface area contributed by atoms with Crippen molar-refractivity contribution >= 4 is 81.8 Å². The molecule has 0 aliphatic rings. The van der Waals surface area contributed by atoms with E-state index in [2.05, 4.69) is 10.6 Å². The first kappa shape index (κ1) is 29.1. The minimum atomic E-state index is -0.602. The van der Waals surface area contributed by atoms with Crippen LogP contribution in [-0.4, -0.2) is 17.6 Å². The lowest BCUT2D eigenvalue weighted by Gasteiger charge is -2.12. The van der Waals surface area contributed by atoms with Crippen molar-refractivity contribution in [3.05, 3.63) is 145 Å². The van der Waals surface area contributed by atoms with Crippen LogP contribution in [0.3, 0.4) is 0 Å². The fourth-order valence-electron chi connectivity index (χ4n) is 3.56. The van der Waals surface area contributed by atoms with Crippen LogP contribution in [0.2, 0.25) is 20.1 Å². The molecule has 0 aliphatic heterocycles. The van der Waals surface area contributed by atoms with Crippen LogP contribution in [0.15, 0.2) is 103 Å². The highest BCUT2D eigenvalue weighted by Gasteiger charge is 2.16. The van der Waals surface area contributed by atoms with Gasteiger partial charge in [-0.05, 0) is 77.9 Å². The van der Waals surface area contributed by atoms with Crippen LogP contribution in [0.1, 0.15) is 31.8 Å². The summed E-state index contributed by atoms with van der Waals surface area (Å²) in [7, 11) is 0. The second-order valence-electron chi connectivity index (χ2n) is 8.39. The maximum Gasteiger partial charge on any atom is 0.272 e. The predicted molar refractivity (Wildman–Crippen MR) is 163 cm³/mol. The lowest BCUT2D eigenvalue weighted by molar-refractivity contribution is -0.113. The standard InChI is InChI=1S/C31H20Cl4N2O3/c32-24-10-4-8-20(28(24)34)14-17-27(38)19-12-15-23(16-13-19)36-31(40)26(18-22-9-5-11-25(33)29(22)35)37-30(39)21-6-2-1-3-7-21/h1-18H,(H,36,40)(H,37,39)/b17-14+,26-18-. The van der Waals surface area contributed by atoms with E-state index in [-0.39, 0.29) is 16.5 Å². The normalized spacial score (nSPS) is 11.3. The Hall–Kier alpha value is -3.87. The van der Waals surface area contributed by atoms with Crippen molar-refractivity contribution in [3.8, 4) is 0 Å². The van der Waals surface area contributed by atoms with Gasteiger partial charge in [0.1, 0.15) is 5.70 Å². The monoisotopic (exact) mass is 608 g/mol. The summed E-state index contributed by atoms with van der Waals surface area (Å²) >= 11 is 24.6. The maximum atomic E-state index is 13.2. The van der Waals surface area contributed by atoms with Gasteiger partial charge in [-0.15, -0.1) is 0 Å². The molecule has 0 bridgehead atoms. The zero-order valence-corrected chi connectivity index (χ0v) is 23.7. The summed E-state index contributed by atoms with van der Waals surface area (Å²) in [5.41, 5.74) is 2.17. The average molecular weight is 610 g/mol. The summed E-state index contributed by atoms with van der Waals surface area (Å²) in [6, 6.07) is 24.9. The molecule has 4 aromatic carbocycles. The molecule has 0 aliphatic carbocycles. The minimum Gasteiger partial charge on any atom is -0.321 e. The van der Waals surface area contributed by atoms with Crippen molar-refractivity contribution in [2.45, 2.75) is 0 Å². The number of anilines is 1. The molecule has 0 unspecified atom stereocenters. The molecule has 4 rings (SSSR count). The molecule has 0 saturated heterocycles. The Morgan fingerprint density at radius 2 is 1.23 bits per heavy atom. The van der Waals surface area contributed by atoms with Crippen molar-refractivity contribution in [1.82, 2.24) is 5.32 Å². The van der Waals surface area contributed by atoms with E-state index < -0.39 is 11.8 Å². The van der Waals surface area contributed by atoms with E-state index in [1.807, 2.05) is 0 Å². The zero-order chi connectivity index (χ0) is 28.6. The number of halogens is 4. The summed E-state index contributed by atoms with van der Waals surface area (Å²) < 4.78 is 0. The van der Waals surface area contributed by atoms with E-state index >= 15 is 0 Å². The molecule has 5 nitrogen and oxygen atoms in total. The summed E-state index contributed by atoms with van der Waals surface area (Å²) in [4.78, 5) is 38.7. The molecular weight excluding hydrogens is 590 g/mol. The molecule has 40 heavy (non-hydrogen) atoms. The lowest BCUT2D eigenvalue weighted by Crippen LogP contribution is -2.30. The SMILES string of the molecule is O=C(Nc1ccc(C(=O)/C=C/c2cccc(Cl)c2Cl)cc1)/C(=C/c1cccc(Cl)c1Cl)NC(=O)c1ccccc1. The Balaban J connectivity index is 1.53. The van der Waals surface area contributed by atoms with Gasteiger partial charge < -0.3 is 10.6 Å². The van der Waals surface area contributed by atoms with Gasteiger partial charge in [-0.25, -0.2) is 0 Å². The molecule has 2 N–H and O–H groups in total. The van der Waals surface area contributed by atoms with Crippen LogP contribution >= 0.6 is 46.4 Å². The third kappa shape index (κ3) is 7.40. The fourth-order valence-corrected chi connectivity index (χ4v) is 4.29. The summed E-state index contributed by atoms with van der Waals surface area (Å²) in [6.07, 6.45) is 4.41. The molecule has 0 fully saturated rings. The Morgan fingerprint density at radius 1 is 0.625 bits per heavy atom. The number of nitrogens with one attached hydrogen (secondary N) is 2. The fraction of sp³-hybridized carbons (Fsp3) is 0. The Kier molecular flexibility index (Phi) is 9.80. The van der Waals surface area contributed by atoms with E-state index in [0.29, 0.717) is 43.0 Å². The average Bonchev–Trinajstić information content (AvgIpc) is 2.96. The van der Waals surface area contributed by atoms with Crippen LogP contribution in [-0.2, 0) is 4.79 Å². The van der Waals surface area contributed by atoms with Crippen molar-refractivity contribution in [3.63, 3.8) is 0 Å². The number of carbonyl (C=O) groups excluding carboxylic acids is 3. The number of allylic oxidation sites excluding steroid dienone is 1. The predicted octanol–water partition coefficient (Wildman–Crippen LogP) is 8.61. The van der Waals surface area contributed by atoms with Gasteiger partial charge in [-0.1, -0.05) is 88.9 Å². The first-order valence-corrected chi connectivity index (χ1v) is 13.3. The van der Waals surface area contributed by atoms with Gasteiger partial charge in [0, 0.05) is 16.8 Å². The van der Waals surface area contributed by atoms with Crippen LogP contribution in [0.25, 0.3) is 12.2 Å². The van der Waals surface area contributed by atoms with Crippen LogP contribution < -0.4 is 10.6 Å². The highest BCUT2D eigenvalue weighted by atomic mass is 35.5. The first-order chi connectivity index (χ1) is 19.2. The summed E-state index contributed by atoms with van der Waals surface area (Å²) in [5.74, 6) is -1.34. The molecule has 0 spiro atoms. The molecule has 0 aromatic heterocycles. The third-order valence-corrected chi connectivity index (χ3v) is 7.30. The van der Waals surface area contributed by atoms with Gasteiger partial charge in [0.25, 0.3) is 11.8 Å². The second-order valence-corrected chi connectivity index (χ2v) is 9.96. The van der Waals surface area contributed by atoms with Crippen LogP contribution in [0, 0.1) is 0 Å². The first-order valence-electron chi connectivity index (χ1n) is 11.8. The lowest BCUT2D eigenvalue weighted by atomic mass is 10.1. The zero-order valence-electron chi connectivity index (χ0n) is 20.6. The molecule has 0 radical (unpaired) electrons. The molecule has 0 atom stereocenters. The van der Waals surface area contributed by atoms with E-state index in [9.17, 15) is 14.4 Å². The van der Waals surface area contributed by atoms with Crippen LogP contribution in [0.5, 0.6) is 0 Å². The van der Waals surface area contributed by atoms with Crippen molar-refractivity contribution in [2.75, 3.05) is 5.32 Å². The van der Waals surface area contributed by atoms with E-state index in [1.165, 1.54) is 12.2 Å². The molecular formula is C31H20Cl4N2O3. The number of hydrogen-bond acceptors (Lipinski definition) is 3. The van der Waals surface area contributed by atoms with Crippen molar-refractivity contribution < 1.29 is 14.4 Å². The number of amides is 2. The number of benzene rings is 4. The molecule has 4 aromatic rings. The number of rotatable bonds is 8. The summed E-state index contributed by atoms with van der Waals surface area (Å²) in [6.45, 7) is 0. The topological polar surface area (TPSA) is 75.3 Å².